The lowest BCUT2D eigenvalue weighted by atomic mass is 10.2. The molecule has 3 nitrogen and oxygen atoms in total. The van der Waals surface area contributed by atoms with Gasteiger partial charge in [-0.15, -0.1) is 0 Å². The molecule has 0 saturated carbocycles. The van der Waals surface area contributed by atoms with Crippen molar-refractivity contribution in [2.45, 2.75) is 13.5 Å². The molecule has 0 atom stereocenters. The summed E-state index contributed by atoms with van der Waals surface area (Å²) in [5, 5.41) is 0. The molecule has 2 aromatic rings. The summed E-state index contributed by atoms with van der Waals surface area (Å²) in [6.07, 6.45) is 1.70. The summed E-state index contributed by atoms with van der Waals surface area (Å²) in [5.41, 5.74) is 8.56. The maximum absolute atomic E-state index is 5.86. The SMILES string of the molecule is Cc1ccnc(OCc2ccccc2)c1N. The summed E-state index contributed by atoms with van der Waals surface area (Å²) >= 11 is 0. The fourth-order valence-corrected chi connectivity index (χ4v) is 1.39. The Balaban J connectivity index is 2.08. The highest BCUT2D eigenvalue weighted by atomic mass is 16.5. The van der Waals surface area contributed by atoms with Gasteiger partial charge in [0.25, 0.3) is 0 Å². The standard InChI is InChI=1S/C13H14N2O/c1-10-7-8-15-13(12(10)14)16-9-11-5-3-2-4-6-11/h2-8H,9,14H2,1H3. The molecule has 0 spiro atoms. The van der Waals surface area contributed by atoms with Gasteiger partial charge in [0.2, 0.25) is 5.88 Å². The van der Waals surface area contributed by atoms with Crippen molar-refractivity contribution >= 4 is 5.69 Å². The van der Waals surface area contributed by atoms with E-state index in [2.05, 4.69) is 4.98 Å². The van der Waals surface area contributed by atoms with Crippen LogP contribution in [0, 0.1) is 6.92 Å². The molecule has 2 N–H and O–H groups in total. The fourth-order valence-electron chi connectivity index (χ4n) is 1.39. The number of benzene rings is 1. The second-order valence-electron chi connectivity index (χ2n) is 3.62. The van der Waals surface area contributed by atoms with Crippen LogP contribution < -0.4 is 10.5 Å². The van der Waals surface area contributed by atoms with E-state index in [1.54, 1.807) is 6.20 Å². The maximum Gasteiger partial charge on any atom is 0.237 e. The van der Waals surface area contributed by atoms with Crippen LogP contribution in [0.15, 0.2) is 42.6 Å². The van der Waals surface area contributed by atoms with Crippen LogP contribution in [0.25, 0.3) is 0 Å². The summed E-state index contributed by atoms with van der Waals surface area (Å²) in [4.78, 5) is 4.11. The highest BCUT2D eigenvalue weighted by molar-refractivity contribution is 5.53. The third kappa shape index (κ3) is 2.31. The second kappa shape index (κ2) is 4.66. The number of hydrogen-bond acceptors (Lipinski definition) is 3. The van der Waals surface area contributed by atoms with Gasteiger partial charge in [-0.05, 0) is 24.1 Å². The lowest BCUT2D eigenvalue weighted by Gasteiger charge is -2.08. The smallest absolute Gasteiger partial charge is 0.237 e. The molecule has 3 heteroatoms. The van der Waals surface area contributed by atoms with Crippen LogP contribution in [-0.2, 0) is 6.61 Å². The quantitative estimate of drug-likeness (QED) is 0.854. The van der Waals surface area contributed by atoms with Crippen LogP contribution in [0.3, 0.4) is 0 Å². The minimum absolute atomic E-state index is 0.488. The number of nitrogens with zero attached hydrogens (tertiary/aromatic N) is 1. The molecule has 0 saturated heterocycles. The normalized spacial score (nSPS) is 10.1. The molecule has 16 heavy (non-hydrogen) atoms. The number of ether oxygens (including phenoxy) is 1. The highest BCUT2D eigenvalue weighted by Gasteiger charge is 2.04. The Labute approximate surface area is 94.9 Å². The number of rotatable bonds is 3. The average Bonchev–Trinajstić information content (AvgIpc) is 2.32. The zero-order valence-electron chi connectivity index (χ0n) is 9.18. The van der Waals surface area contributed by atoms with Gasteiger partial charge in [0.05, 0.1) is 5.69 Å². The van der Waals surface area contributed by atoms with E-state index >= 15 is 0 Å². The summed E-state index contributed by atoms with van der Waals surface area (Å²) in [6.45, 7) is 2.42. The average molecular weight is 214 g/mol. The zero-order chi connectivity index (χ0) is 11.4. The molecule has 0 bridgehead atoms. The second-order valence-corrected chi connectivity index (χ2v) is 3.62. The van der Waals surface area contributed by atoms with Crippen LogP contribution in [0.4, 0.5) is 5.69 Å². The third-order valence-electron chi connectivity index (χ3n) is 2.39. The van der Waals surface area contributed by atoms with Crippen molar-refractivity contribution in [2.75, 3.05) is 5.73 Å². The molecule has 0 aliphatic carbocycles. The van der Waals surface area contributed by atoms with Gasteiger partial charge in [0.1, 0.15) is 6.61 Å². The molecule has 0 aliphatic heterocycles. The summed E-state index contributed by atoms with van der Waals surface area (Å²) in [5.74, 6) is 0.504. The Kier molecular flexibility index (Phi) is 3.05. The first-order chi connectivity index (χ1) is 7.77. The Morgan fingerprint density at radius 1 is 1.19 bits per heavy atom. The Morgan fingerprint density at radius 3 is 2.69 bits per heavy atom. The van der Waals surface area contributed by atoms with Gasteiger partial charge >= 0.3 is 0 Å². The molecule has 0 unspecified atom stereocenters. The van der Waals surface area contributed by atoms with E-state index in [1.807, 2.05) is 43.3 Å². The largest absolute Gasteiger partial charge is 0.471 e. The number of anilines is 1. The van der Waals surface area contributed by atoms with E-state index in [0.717, 1.165) is 11.1 Å². The van der Waals surface area contributed by atoms with Crippen molar-refractivity contribution in [2.24, 2.45) is 0 Å². The molecule has 82 valence electrons. The maximum atomic E-state index is 5.86. The Bertz CT molecular complexity index is 469. The molecule has 1 aromatic carbocycles. The molecular formula is C13H14N2O. The van der Waals surface area contributed by atoms with Crippen LogP contribution in [-0.4, -0.2) is 4.98 Å². The van der Waals surface area contributed by atoms with Gasteiger partial charge in [-0.2, -0.15) is 0 Å². The third-order valence-corrected chi connectivity index (χ3v) is 2.39. The first kappa shape index (κ1) is 10.5. The van der Waals surface area contributed by atoms with Crippen molar-refractivity contribution in [3.63, 3.8) is 0 Å². The van der Waals surface area contributed by atoms with E-state index in [-0.39, 0.29) is 0 Å². The van der Waals surface area contributed by atoms with Gasteiger partial charge in [0, 0.05) is 6.20 Å². The fraction of sp³-hybridized carbons (Fsp3) is 0.154. The van der Waals surface area contributed by atoms with E-state index in [4.69, 9.17) is 10.5 Å². The van der Waals surface area contributed by atoms with Gasteiger partial charge in [-0.1, -0.05) is 30.3 Å². The number of pyridine rings is 1. The van der Waals surface area contributed by atoms with Crippen molar-refractivity contribution in [1.29, 1.82) is 0 Å². The van der Waals surface area contributed by atoms with E-state index < -0.39 is 0 Å². The number of aryl methyl sites for hydroxylation is 1. The molecule has 0 fully saturated rings. The topological polar surface area (TPSA) is 48.1 Å². The van der Waals surface area contributed by atoms with Crippen LogP contribution in [0.2, 0.25) is 0 Å². The lowest BCUT2D eigenvalue weighted by Crippen LogP contribution is -2.01. The Hall–Kier alpha value is -2.03. The number of nitrogen functional groups attached to an aromatic ring is 1. The van der Waals surface area contributed by atoms with Crippen molar-refractivity contribution in [3.05, 3.63) is 53.7 Å². The predicted octanol–water partition coefficient (Wildman–Crippen LogP) is 2.55. The van der Waals surface area contributed by atoms with Gasteiger partial charge < -0.3 is 10.5 Å². The summed E-state index contributed by atoms with van der Waals surface area (Å²) in [7, 11) is 0. The van der Waals surface area contributed by atoms with Crippen molar-refractivity contribution < 1.29 is 4.74 Å². The number of aromatic nitrogens is 1. The summed E-state index contributed by atoms with van der Waals surface area (Å²) in [6, 6.07) is 11.8. The van der Waals surface area contributed by atoms with Gasteiger partial charge in [-0.25, -0.2) is 4.98 Å². The van der Waals surface area contributed by atoms with Crippen molar-refractivity contribution in [1.82, 2.24) is 4.98 Å². The molecule has 1 aromatic heterocycles. The van der Waals surface area contributed by atoms with Crippen molar-refractivity contribution in [3.8, 4) is 5.88 Å². The molecule has 1 heterocycles. The molecule has 0 radical (unpaired) electrons. The highest BCUT2D eigenvalue weighted by Crippen LogP contribution is 2.21. The van der Waals surface area contributed by atoms with Crippen LogP contribution in [0.1, 0.15) is 11.1 Å². The molecule has 0 amide bonds. The van der Waals surface area contributed by atoms with E-state index in [0.29, 0.717) is 18.2 Å². The molecule has 2 rings (SSSR count). The first-order valence-corrected chi connectivity index (χ1v) is 5.15. The monoisotopic (exact) mass is 214 g/mol. The van der Waals surface area contributed by atoms with Gasteiger partial charge in [0.15, 0.2) is 0 Å². The number of hydrogen-bond donors (Lipinski definition) is 1. The first-order valence-electron chi connectivity index (χ1n) is 5.15. The Morgan fingerprint density at radius 2 is 1.94 bits per heavy atom. The minimum Gasteiger partial charge on any atom is -0.471 e. The summed E-state index contributed by atoms with van der Waals surface area (Å²) < 4.78 is 5.57. The van der Waals surface area contributed by atoms with E-state index in [1.165, 1.54) is 0 Å². The molecular weight excluding hydrogens is 200 g/mol. The van der Waals surface area contributed by atoms with Crippen LogP contribution in [0.5, 0.6) is 5.88 Å². The zero-order valence-corrected chi connectivity index (χ0v) is 9.18. The predicted molar refractivity (Wildman–Crippen MR) is 64.2 cm³/mol. The lowest BCUT2D eigenvalue weighted by molar-refractivity contribution is 0.295. The number of nitrogens with two attached hydrogens (primary N) is 1. The van der Waals surface area contributed by atoms with Crippen LogP contribution >= 0.6 is 0 Å². The molecule has 0 aliphatic rings. The van der Waals surface area contributed by atoms with Gasteiger partial charge in [-0.3, -0.25) is 0 Å². The van der Waals surface area contributed by atoms with E-state index in [9.17, 15) is 0 Å². The minimum atomic E-state index is 0.488.